The van der Waals surface area contributed by atoms with Crippen LogP contribution in [0, 0.1) is 0 Å². The molecule has 1 atom stereocenters. The van der Waals surface area contributed by atoms with Crippen LogP contribution in [-0.4, -0.2) is 29.9 Å². The van der Waals surface area contributed by atoms with Crippen molar-refractivity contribution in [3.8, 4) is 102 Å². The van der Waals surface area contributed by atoms with Crippen LogP contribution in [0.2, 0.25) is 0 Å². The molecule has 0 amide bonds. The minimum Gasteiger partial charge on any atom is -0.455 e. The van der Waals surface area contributed by atoms with Crippen LogP contribution in [0.3, 0.4) is 0 Å². The van der Waals surface area contributed by atoms with Crippen molar-refractivity contribution in [2.75, 3.05) is 0 Å². The van der Waals surface area contributed by atoms with Crippen molar-refractivity contribution in [3.63, 3.8) is 0 Å². The van der Waals surface area contributed by atoms with E-state index in [4.69, 9.17) is 38.7 Å². The molecule has 4 aliphatic rings. The molecule has 0 aliphatic heterocycles. The second kappa shape index (κ2) is 20.4. The number of aromatic nitrogens is 6. The lowest BCUT2D eigenvalue weighted by atomic mass is 9.70. The van der Waals surface area contributed by atoms with E-state index in [2.05, 4.69) is 267 Å². The van der Waals surface area contributed by atoms with Gasteiger partial charge in [0.15, 0.2) is 34.9 Å². The van der Waals surface area contributed by atoms with Gasteiger partial charge in [-0.25, -0.2) is 29.9 Å². The van der Waals surface area contributed by atoms with Gasteiger partial charge in [0.2, 0.25) is 0 Å². The summed E-state index contributed by atoms with van der Waals surface area (Å²) in [5.74, 6) is 3.39. The topological polar surface area (TPSA) is 104 Å². The molecule has 8 nitrogen and oxygen atoms in total. The number of para-hydroxylation sites is 4. The van der Waals surface area contributed by atoms with Crippen molar-refractivity contribution >= 4 is 87.0 Å². The van der Waals surface area contributed by atoms with Crippen molar-refractivity contribution in [2.45, 2.75) is 10.8 Å². The predicted molar refractivity (Wildman–Crippen MR) is 418 cm³/mol. The summed E-state index contributed by atoms with van der Waals surface area (Å²) in [6.07, 6.45) is 0. The molecule has 0 N–H and O–H groups in total. The van der Waals surface area contributed by atoms with Gasteiger partial charge in [-0.15, -0.1) is 0 Å². The molecule has 4 aliphatic carbocycles. The van der Waals surface area contributed by atoms with E-state index >= 15 is 0 Å². The van der Waals surface area contributed by atoms with Gasteiger partial charge in [-0.1, -0.05) is 279 Å². The average molecular weight is 1320 g/mol. The van der Waals surface area contributed by atoms with Gasteiger partial charge in [-0.3, -0.25) is 0 Å². The van der Waals surface area contributed by atoms with Crippen molar-refractivity contribution in [3.05, 3.63) is 360 Å². The molecule has 0 saturated carbocycles. The molecule has 16 aromatic carbocycles. The van der Waals surface area contributed by atoms with Crippen LogP contribution in [0.25, 0.3) is 189 Å². The van der Waals surface area contributed by atoms with Gasteiger partial charge in [0.25, 0.3) is 0 Å². The molecule has 104 heavy (non-hydrogen) atoms. The molecule has 20 aromatic rings. The maximum atomic E-state index is 6.73. The molecule has 4 heterocycles. The van der Waals surface area contributed by atoms with Crippen molar-refractivity contribution in [2.24, 2.45) is 0 Å². The fourth-order valence-corrected chi connectivity index (χ4v) is 19.0. The minimum atomic E-state index is -0.667. The van der Waals surface area contributed by atoms with E-state index in [1.165, 1.54) is 98.7 Å². The summed E-state index contributed by atoms with van der Waals surface area (Å²) in [5.41, 5.74) is 24.1. The summed E-state index contributed by atoms with van der Waals surface area (Å²) in [4.78, 5) is 32.5. The van der Waals surface area contributed by atoms with E-state index in [1.807, 2.05) is 48.5 Å². The molecule has 0 fully saturated rings. The normalized spacial score (nSPS) is 14.7. The van der Waals surface area contributed by atoms with E-state index < -0.39 is 10.8 Å². The third-order valence-electron chi connectivity index (χ3n) is 23.2. The zero-order valence-corrected chi connectivity index (χ0v) is 55.5. The van der Waals surface area contributed by atoms with E-state index in [-0.39, 0.29) is 0 Å². The first-order valence-corrected chi connectivity index (χ1v) is 35.5. The first kappa shape index (κ1) is 56.0. The zero-order chi connectivity index (χ0) is 67.7. The Balaban J connectivity index is 0.657. The Morgan fingerprint density at radius 2 is 0.596 bits per heavy atom. The molecular formula is C96H52N6O2. The van der Waals surface area contributed by atoms with Crippen LogP contribution in [0.15, 0.2) is 324 Å². The molecule has 8 heteroatoms. The summed E-state index contributed by atoms with van der Waals surface area (Å²) in [5, 5.41) is 14.2. The lowest BCUT2D eigenvalue weighted by molar-refractivity contribution is 0.669. The summed E-state index contributed by atoms with van der Waals surface area (Å²) >= 11 is 0. The monoisotopic (exact) mass is 1320 g/mol. The maximum absolute atomic E-state index is 6.73. The Morgan fingerprint density at radius 3 is 1.25 bits per heavy atom. The highest BCUT2D eigenvalue weighted by Crippen LogP contribution is 2.66. The van der Waals surface area contributed by atoms with Crippen molar-refractivity contribution < 1.29 is 8.83 Å². The molecule has 1 unspecified atom stereocenters. The SMILES string of the molecule is c1ccc(-c2nc(-c3cccc4c3-c3ccccc3C43c4cccc5cc(-c6ccc(-c7nc(-c8ccc9c(c8)-c8ccccc8C98c9cccc%10ccc%11cccc8c%11c9%10)nc(-c8cccc9c8oc8ccccc89)n7)cc6)c6cccc3c6c45)nc(-c3cccc4c3oc3ccccc34)n2)cc1. The summed E-state index contributed by atoms with van der Waals surface area (Å²) < 4.78 is 13.4. The largest absolute Gasteiger partial charge is 0.455 e. The van der Waals surface area contributed by atoms with Crippen LogP contribution in [0.5, 0.6) is 0 Å². The summed E-state index contributed by atoms with van der Waals surface area (Å²) in [7, 11) is 0. The first-order chi connectivity index (χ1) is 51.5. The second-order valence-electron chi connectivity index (χ2n) is 28.1. The van der Waals surface area contributed by atoms with E-state index in [0.717, 1.165) is 99.5 Å². The number of nitrogens with zero attached hydrogens (tertiary/aromatic N) is 6. The van der Waals surface area contributed by atoms with Gasteiger partial charge in [-0.2, -0.15) is 0 Å². The molecule has 478 valence electrons. The van der Waals surface area contributed by atoms with Crippen LogP contribution in [-0.2, 0) is 10.8 Å². The van der Waals surface area contributed by atoms with Gasteiger partial charge in [0.05, 0.1) is 22.0 Å². The van der Waals surface area contributed by atoms with Gasteiger partial charge in [-0.05, 0) is 157 Å². The lowest BCUT2D eigenvalue weighted by Gasteiger charge is -2.31. The number of hydrogen-bond acceptors (Lipinski definition) is 8. The van der Waals surface area contributed by atoms with Crippen LogP contribution < -0.4 is 0 Å². The zero-order valence-electron chi connectivity index (χ0n) is 55.5. The van der Waals surface area contributed by atoms with Crippen LogP contribution >= 0.6 is 0 Å². The highest BCUT2D eigenvalue weighted by Gasteiger charge is 2.53. The van der Waals surface area contributed by atoms with Crippen molar-refractivity contribution in [1.82, 2.24) is 29.9 Å². The van der Waals surface area contributed by atoms with Gasteiger partial charge in [0, 0.05) is 43.8 Å². The minimum absolute atomic E-state index is 0.496. The van der Waals surface area contributed by atoms with E-state index in [1.54, 1.807) is 0 Å². The number of hydrogen-bond donors (Lipinski definition) is 0. The summed E-state index contributed by atoms with van der Waals surface area (Å²) in [6, 6.07) is 114. The Kier molecular flexibility index (Phi) is 11.0. The Morgan fingerprint density at radius 1 is 0.202 bits per heavy atom. The molecule has 24 rings (SSSR count). The van der Waals surface area contributed by atoms with Gasteiger partial charge in [0.1, 0.15) is 22.3 Å². The standard InChI is InChI=1S/C96H52N6O2/c1-2-19-56(20-3-1)89-98-92(102-94(99-89)69-33-16-30-65-62-26-7-11-42-81(62)104-88(65)69)67-31-18-39-78-85(67)66-27-5-9-35-73(66)96(78)77-38-14-23-58-51-70(63-28-17-40-79(96)86(63)84(58)77)53-43-47-57(48-44-53)90-97-91(101-93(100-90)68-32-15-29-64-61-25-6-10-41-80(61)103-87(64)68)59-49-50-74-71(52-59)60-24-4-8-34-72(60)95(74)75-36-12-21-54-45-46-55-22-13-37-76(95)83(55)82(54)75/h1-52H. The molecule has 0 saturated heterocycles. The number of rotatable bonds is 7. The fourth-order valence-electron chi connectivity index (χ4n) is 19.0. The third kappa shape index (κ3) is 7.24. The van der Waals surface area contributed by atoms with E-state index in [9.17, 15) is 0 Å². The molecular weight excluding hydrogens is 1270 g/mol. The van der Waals surface area contributed by atoms with Crippen molar-refractivity contribution in [1.29, 1.82) is 0 Å². The maximum Gasteiger partial charge on any atom is 0.167 e. The van der Waals surface area contributed by atoms with Crippen LogP contribution in [0.4, 0.5) is 0 Å². The highest BCUT2D eigenvalue weighted by molar-refractivity contribution is 6.22. The molecule has 0 bridgehead atoms. The third-order valence-corrected chi connectivity index (χ3v) is 23.2. The quantitative estimate of drug-likeness (QED) is 0.145. The first-order valence-electron chi connectivity index (χ1n) is 35.5. The Hall–Kier alpha value is -13.8. The summed E-state index contributed by atoms with van der Waals surface area (Å²) in [6.45, 7) is 0. The smallest absolute Gasteiger partial charge is 0.167 e. The number of furan rings is 2. The molecule has 2 spiro atoms. The fraction of sp³-hybridized carbons (Fsp3) is 0.0208. The van der Waals surface area contributed by atoms with Crippen LogP contribution in [0.1, 0.15) is 44.5 Å². The molecule has 4 aromatic heterocycles. The molecule has 0 radical (unpaired) electrons. The second-order valence-corrected chi connectivity index (χ2v) is 28.1. The highest BCUT2D eigenvalue weighted by atomic mass is 16.3. The Bertz CT molecular complexity index is 7190. The van der Waals surface area contributed by atoms with Gasteiger partial charge < -0.3 is 8.83 Å². The Labute approximate surface area is 594 Å². The number of fused-ring (bicyclic) bond motifs is 20. The predicted octanol–water partition coefficient (Wildman–Crippen LogP) is 23.5. The average Bonchev–Trinajstić information content (AvgIpc) is 1.50. The number of benzene rings is 16. The lowest BCUT2D eigenvalue weighted by Crippen LogP contribution is -2.26. The van der Waals surface area contributed by atoms with Gasteiger partial charge >= 0.3 is 0 Å². The van der Waals surface area contributed by atoms with E-state index in [0.29, 0.717) is 34.9 Å².